The fraction of sp³-hybridized carbons (Fsp3) is 0.524. The lowest BCUT2D eigenvalue weighted by molar-refractivity contribution is -0.305. The molecule has 2 atom stereocenters. The van der Waals surface area contributed by atoms with Crippen molar-refractivity contribution < 1.29 is 20.4 Å². The smallest absolute Gasteiger partial charge is 0.311 e. The minimum atomic E-state index is -0.661. The van der Waals surface area contributed by atoms with E-state index in [1.807, 2.05) is 30.3 Å². The van der Waals surface area contributed by atoms with Gasteiger partial charge in [0, 0.05) is 12.8 Å². The van der Waals surface area contributed by atoms with E-state index in [1.54, 1.807) is 12.2 Å². The van der Waals surface area contributed by atoms with Crippen LogP contribution in [0.25, 0.3) is 0 Å². The number of carbonyl (C=O) groups is 2. The molecule has 1 unspecified atom stereocenters. The van der Waals surface area contributed by atoms with Gasteiger partial charge >= 0.3 is 5.91 Å². The summed E-state index contributed by atoms with van der Waals surface area (Å²) in [4.78, 5) is 23.4. The molecular weight excluding hydrogens is 328 g/mol. The third-order valence-electron chi connectivity index (χ3n) is 4.15. The number of aliphatic hydroxyl groups excluding tert-OH is 1. The second kappa shape index (κ2) is 13.3. The lowest BCUT2D eigenvalue weighted by atomic mass is 10.1. The van der Waals surface area contributed by atoms with Crippen molar-refractivity contribution >= 4 is 11.8 Å². The molecule has 144 valence electrons. The van der Waals surface area contributed by atoms with Crippen LogP contribution in [-0.4, -0.2) is 29.1 Å². The quantitative estimate of drug-likeness (QED) is 0.371. The number of unbranched alkanes of at least 4 members (excludes halogenated alkanes) is 4. The van der Waals surface area contributed by atoms with E-state index in [0.717, 1.165) is 24.8 Å². The highest BCUT2D eigenvalue weighted by molar-refractivity contribution is 5.77. The number of carbonyl (C=O) groups excluding carboxylic acids is 2. The largest absolute Gasteiger partial charge is 0.389 e. The molecule has 5 N–H and O–H groups in total. The van der Waals surface area contributed by atoms with Gasteiger partial charge in [-0.1, -0.05) is 75.1 Å². The van der Waals surface area contributed by atoms with E-state index in [-0.39, 0.29) is 18.2 Å². The van der Waals surface area contributed by atoms with Crippen LogP contribution in [0.15, 0.2) is 42.5 Å². The summed E-state index contributed by atoms with van der Waals surface area (Å²) in [5, 5.41) is 13.0. The van der Waals surface area contributed by atoms with Crippen LogP contribution in [0.1, 0.15) is 57.4 Å². The molecule has 2 amide bonds. The Morgan fingerprint density at radius 3 is 2.46 bits per heavy atom. The summed E-state index contributed by atoms with van der Waals surface area (Å²) in [6.45, 7) is 2.16. The number of rotatable bonds is 13. The third kappa shape index (κ3) is 10.8. The number of nitrogens with one attached hydrogen (secondary N) is 1. The van der Waals surface area contributed by atoms with Crippen LogP contribution < -0.4 is 11.1 Å². The Labute approximate surface area is 156 Å². The summed E-state index contributed by atoms with van der Waals surface area (Å²) in [6.07, 6.45) is 9.20. The van der Waals surface area contributed by atoms with Crippen molar-refractivity contribution in [3.63, 3.8) is 0 Å². The van der Waals surface area contributed by atoms with Crippen molar-refractivity contribution in [2.24, 2.45) is 0 Å². The minimum absolute atomic E-state index is 0.0602. The fourth-order valence-electron chi connectivity index (χ4n) is 2.77. The first kappa shape index (κ1) is 22.1. The van der Waals surface area contributed by atoms with Gasteiger partial charge in [-0.25, -0.2) is 4.79 Å². The van der Waals surface area contributed by atoms with Crippen LogP contribution in [0.3, 0.4) is 0 Å². The van der Waals surface area contributed by atoms with Gasteiger partial charge in [-0.3, -0.25) is 10.5 Å². The average molecular weight is 362 g/mol. The molecule has 0 aliphatic carbocycles. The zero-order chi connectivity index (χ0) is 19.2. The molecule has 1 aromatic carbocycles. The Morgan fingerprint density at radius 2 is 1.81 bits per heavy atom. The van der Waals surface area contributed by atoms with E-state index >= 15 is 0 Å². The van der Waals surface area contributed by atoms with Crippen LogP contribution >= 0.6 is 0 Å². The second-order valence-corrected chi connectivity index (χ2v) is 6.72. The fourth-order valence-corrected chi connectivity index (χ4v) is 2.77. The van der Waals surface area contributed by atoms with Crippen molar-refractivity contribution in [2.75, 3.05) is 0 Å². The van der Waals surface area contributed by atoms with Crippen LogP contribution in [0.2, 0.25) is 0 Å². The zero-order valence-electron chi connectivity index (χ0n) is 15.8. The summed E-state index contributed by atoms with van der Waals surface area (Å²) >= 11 is 0. The number of hydrogen-bond donors (Lipinski definition) is 3. The normalized spacial score (nSPS) is 13.5. The molecule has 0 aliphatic rings. The van der Waals surface area contributed by atoms with E-state index in [0.29, 0.717) is 12.8 Å². The molecule has 0 aliphatic heterocycles. The van der Waals surface area contributed by atoms with Gasteiger partial charge in [-0.05, 0) is 12.0 Å². The summed E-state index contributed by atoms with van der Waals surface area (Å²) in [5.41, 5.74) is 4.42. The minimum Gasteiger partial charge on any atom is -0.389 e. The van der Waals surface area contributed by atoms with Crippen LogP contribution in [0, 0.1) is 0 Å². The van der Waals surface area contributed by atoms with Gasteiger partial charge in [0.25, 0.3) is 0 Å². The third-order valence-corrected chi connectivity index (χ3v) is 4.15. The highest BCUT2D eigenvalue weighted by Crippen LogP contribution is 2.07. The van der Waals surface area contributed by atoms with E-state index in [9.17, 15) is 14.7 Å². The maximum atomic E-state index is 12.1. The lowest BCUT2D eigenvalue weighted by Gasteiger charge is -2.14. The van der Waals surface area contributed by atoms with E-state index in [4.69, 9.17) is 0 Å². The molecule has 0 saturated carbocycles. The molecule has 0 fully saturated rings. The number of quaternary nitrogens is 1. The van der Waals surface area contributed by atoms with E-state index < -0.39 is 12.1 Å². The number of hydrogen-bond acceptors (Lipinski definition) is 3. The number of amides is 2. The number of benzene rings is 1. The molecule has 0 aromatic heterocycles. The maximum absolute atomic E-state index is 12.1. The predicted octanol–water partition coefficient (Wildman–Crippen LogP) is 2.15. The van der Waals surface area contributed by atoms with Crippen molar-refractivity contribution in [1.29, 1.82) is 0 Å². The van der Waals surface area contributed by atoms with Crippen molar-refractivity contribution in [3.8, 4) is 0 Å². The molecule has 0 radical (unpaired) electrons. The number of aliphatic hydroxyl groups is 1. The lowest BCUT2D eigenvalue weighted by Crippen LogP contribution is -2.58. The highest BCUT2D eigenvalue weighted by Gasteiger charge is 2.14. The summed E-state index contributed by atoms with van der Waals surface area (Å²) in [7, 11) is 0. The van der Waals surface area contributed by atoms with Crippen LogP contribution in [-0.2, 0) is 16.0 Å². The van der Waals surface area contributed by atoms with E-state index in [2.05, 4.69) is 18.0 Å². The molecule has 0 saturated heterocycles. The predicted molar refractivity (Wildman–Crippen MR) is 103 cm³/mol. The van der Waals surface area contributed by atoms with Crippen LogP contribution in [0.4, 0.5) is 0 Å². The van der Waals surface area contributed by atoms with E-state index in [1.165, 1.54) is 12.8 Å². The molecule has 5 heteroatoms. The Bertz CT molecular complexity index is 558. The molecule has 0 heterocycles. The first-order valence-corrected chi connectivity index (χ1v) is 9.55. The van der Waals surface area contributed by atoms with Gasteiger partial charge < -0.3 is 10.4 Å². The van der Waals surface area contributed by atoms with Crippen LogP contribution in [0.5, 0.6) is 0 Å². The van der Waals surface area contributed by atoms with Gasteiger partial charge in [-0.15, -0.1) is 0 Å². The zero-order valence-corrected chi connectivity index (χ0v) is 15.8. The second-order valence-electron chi connectivity index (χ2n) is 6.72. The summed E-state index contributed by atoms with van der Waals surface area (Å²) < 4.78 is 0. The Hall–Kier alpha value is -1.98. The Kier molecular flexibility index (Phi) is 11.2. The molecule has 1 rings (SSSR count). The average Bonchev–Trinajstić information content (AvgIpc) is 2.60. The van der Waals surface area contributed by atoms with Crippen molar-refractivity contribution in [2.45, 2.75) is 70.4 Å². The Balaban J connectivity index is 2.46. The molecule has 1 aromatic rings. The molecule has 0 bridgehead atoms. The molecule has 0 spiro atoms. The van der Waals surface area contributed by atoms with Gasteiger partial charge in [-0.2, -0.15) is 0 Å². The van der Waals surface area contributed by atoms with Gasteiger partial charge in [0.15, 0.2) is 0 Å². The molecular formula is C21H33N2O3+. The highest BCUT2D eigenvalue weighted by atomic mass is 16.3. The summed E-state index contributed by atoms with van der Waals surface area (Å²) in [5.74, 6) is -0.296. The van der Waals surface area contributed by atoms with Gasteiger partial charge in [0.2, 0.25) is 5.91 Å². The monoisotopic (exact) mass is 361 g/mol. The molecule has 5 nitrogen and oxygen atoms in total. The SMILES string of the molecule is CCCCCCCC(=O)N[C@@H](/C=C/C(O)Cc1ccccc1)CC([NH3+])=O. The topological polar surface area (TPSA) is 94.0 Å². The van der Waals surface area contributed by atoms with Gasteiger partial charge in [0.05, 0.1) is 18.6 Å². The standard InChI is InChI=1S/C21H32N2O3/c1-2-3-4-5-9-12-21(26)23-18(16-20(22)25)13-14-19(24)15-17-10-7-6-8-11-17/h6-8,10-11,13-14,18-19,24H,2-5,9,12,15-16H2,1H3,(H2,22,25)(H,23,26)/p+1/b14-13+/t18-,19?/m0/s1. The van der Waals surface area contributed by atoms with Crippen molar-refractivity contribution in [1.82, 2.24) is 5.32 Å². The molecule has 26 heavy (non-hydrogen) atoms. The summed E-state index contributed by atoms with van der Waals surface area (Å²) in [6, 6.07) is 9.27. The van der Waals surface area contributed by atoms with Gasteiger partial charge in [0.1, 0.15) is 0 Å². The first-order chi connectivity index (χ1) is 12.5. The first-order valence-electron chi connectivity index (χ1n) is 9.55. The van der Waals surface area contributed by atoms with Crippen molar-refractivity contribution in [3.05, 3.63) is 48.0 Å². The maximum Gasteiger partial charge on any atom is 0.311 e. The Morgan fingerprint density at radius 1 is 1.12 bits per heavy atom.